The number of anilines is 2. The fourth-order valence-corrected chi connectivity index (χ4v) is 1.62. The molecule has 0 saturated carbocycles. The molecule has 2 N–H and O–H groups in total. The molecule has 6 heteroatoms. The van der Waals surface area contributed by atoms with Gasteiger partial charge in [-0.25, -0.2) is 9.78 Å². The van der Waals surface area contributed by atoms with Crippen molar-refractivity contribution in [3.63, 3.8) is 0 Å². The Labute approximate surface area is 111 Å². The molecule has 0 fully saturated rings. The molecule has 0 aliphatic rings. The van der Waals surface area contributed by atoms with E-state index in [0.29, 0.717) is 12.2 Å². The van der Waals surface area contributed by atoms with E-state index in [1.807, 2.05) is 36.0 Å². The quantitative estimate of drug-likeness (QED) is 0.884. The van der Waals surface area contributed by atoms with Crippen LogP contribution in [0.2, 0.25) is 0 Å². The van der Waals surface area contributed by atoms with Gasteiger partial charge >= 0.3 is 6.09 Å². The third-order valence-electron chi connectivity index (χ3n) is 2.68. The number of hydrogen-bond donors (Lipinski definition) is 2. The van der Waals surface area contributed by atoms with Gasteiger partial charge in [0.15, 0.2) is 0 Å². The van der Waals surface area contributed by atoms with E-state index in [2.05, 4.69) is 20.4 Å². The largest absolute Gasteiger partial charge is 0.453 e. The van der Waals surface area contributed by atoms with Gasteiger partial charge in [-0.05, 0) is 18.2 Å². The van der Waals surface area contributed by atoms with Crippen LogP contribution in [0.4, 0.5) is 16.2 Å². The second-order valence-electron chi connectivity index (χ2n) is 4.05. The maximum Gasteiger partial charge on any atom is 0.411 e. The van der Waals surface area contributed by atoms with E-state index >= 15 is 0 Å². The second kappa shape index (κ2) is 5.90. The maximum absolute atomic E-state index is 11.1. The van der Waals surface area contributed by atoms with Gasteiger partial charge in [0.25, 0.3) is 0 Å². The summed E-state index contributed by atoms with van der Waals surface area (Å²) in [5.74, 6) is 0. The Balaban J connectivity index is 1.99. The first-order valence-corrected chi connectivity index (χ1v) is 5.83. The van der Waals surface area contributed by atoms with Crippen molar-refractivity contribution in [1.82, 2.24) is 9.55 Å². The van der Waals surface area contributed by atoms with Gasteiger partial charge in [0.2, 0.25) is 0 Å². The molecule has 1 aromatic heterocycles. The van der Waals surface area contributed by atoms with Crippen molar-refractivity contribution in [1.29, 1.82) is 0 Å². The standard InChI is InChI=1S/C13H16N4O2/c1-17-9-14-7-12(17)8-15-10-4-3-5-11(6-10)16-13(18)19-2/h3-7,9,15H,8H2,1-2H3,(H,16,18). The van der Waals surface area contributed by atoms with Crippen molar-refractivity contribution >= 4 is 17.5 Å². The number of imidazole rings is 1. The van der Waals surface area contributed by atoms with Gasteiger partial charge in [-0.1, -0.05) is 6.07 Å². The number of nitrogens with one attached hydrogen (secondary N) is 2. The zero-order valence-corrected chi connectivity index (χ0v) is 10.9. The Hall–Kier alpha value is -2.50. The smallest absolute Gasteiger partial charge is 0.411 e. The number of ether oxygens (including phenoxy) is 1. The molecule has 2 rings (SSSR count). The first-order chi connectivity index (χ1) is 9.19. The number of hydrogen-bond acceptors (Lipinski definition) is 4. The summed E-state index contributed by atoms with van der Waals surface area (Å²) in [4.78, 5) is 15.2. The van der Waals surface area contributed by atoms with Crippen LogP contribution in [0, 0.1) is 0 Å². The van der Waals surface area contributed by atoms with Gasteiger partial charge in [0.05, 0.1) is 25.7 Å². The first kappa shape index (κ1) is 12.9. The van der Waals surface area contributed by atoms with E-state index in [1.165, 1.54) is 7.11 Å². The maximum atomic E-state index is 11.1. The molecule has 0 spiro atoms. The molecule has 0 radical (unpaired) electrons. The summed E-state index contributed by atoms with van der Waals surface area (Å²) < 4.78 is 6.49. The van der Waals surface area contributed by atoms with E-state index in [-0.39, 0.29) is 0 Å². The number of carbonyl (C=O) groups is 1. The molecule has 0 aliphatic carbocycles. The molecule has 0 atom stereocenters. The van der Waals surface area contributed by atoms with Crippen LogP contribution in [0.5, 0.6) is 0 Å². The van der Waals surface area contributed by atoms with E-state index < -0.39 is 6.09 Å². The molecule has 0 aliphatic heterocycles. The van der Waals surface area contributed by atoms with Crippen LogP contribution in [0.3, 0.4) is 0 Å². The zero-order valence-electron chi connectivity index (χ0n) is 10.9. The number of benzene rings is 1. The third kappa shape index (κ3) is 3.48. The summed E-state index contributed by atoms with van der Waals surface area (Å²) in [6.07, 6.45) is 3.08. The summed E-state index contributed by atoms with van der Waals surface area (Å²) in [5, 5.41) is 5.88. The number of nitrogens with zero attached hydrogens (tertiary/aromatic N) is 2. The highest BCUT2D eigenvalue weighted by Gasteiger charge is 2.02. The van der Waals surface area contributed by atoms with Gasteiger partial charge in [-0.3, -0.25) is 5.32 Å². The fourth-order valence-electron chi connectivity index (χ4n) is 1.62. The topological polar surface area (TPSA) is 68.2 Å². The minimum absolute atomic E-state index is 0.483. The summed E-state index contributed by atoms with van der Waals surface area (Å²) >= 11 is 0. The number of carbonyl (C=O) groups excluding carboxylic acids is 1. The van der Waals surface area contributed by atoms with Gasteiger partial charge in [0.1, 0.15) is 0 Å². The molecule has 2 aromatic rings. The molecule has 1 aromatic carbocycles. The SMILES string of the molecule is COC(=O)Nc1cccc(NCc2cncn2C)c1. The Bertz CT molecular complexity index is 565. The number of methoxy groups -OCH3 is 1. The summed E-state index contributed by atoms with van der Waals surface area (Å²) in [5.41, 5.74) is 2.67. The highest BCUT2D eigenvalue weighted by atomic mass is 16.5. The van der Waals surface area contributed by atoms with Gasteiger partial charge in [-0.2, -0.15) is 0 Å². The Morgan fingerprint density at radius 3 is 2.89 bits per heavy atom. The van der Waals surface area contributed by atoms with E-state index in [9.17, 15) is 4.79 Å². The van der Waals surface area contributed by atoms with Crippen molar-refractivity contribution in [2.45, 2.75) is 6.54 Å². The molecule has 0 saturated heterocycles. The van der Waals surface area contributed by atoms with Crippen LogP contribution < -0.4 is 10.6 Å². The van der Waals surface area contributed by atoms with Crippen LogP contribution in [-0.2, 0) is 18.3 Å². The van der Waals surface area contributed by atoms with Gasteiger partial charge < -0.3 is 14.6 Å². The molecular weight excluding hydrogens is 244 g/mol. The summed E-state index contributed by atoms with van der Waals surface area (Å²) in [6, 6.07) is 7.43. The van der Waals surface area contributed by atoms with Crippen molar-refractivity contribution < 1.29 is 9.53 Å². The predicted molar refractivity (Wildman–Crippen MR) is 73.0 cm³/mol. The van der Waals surface area contributed by atoms with Gasteiger partial charge in [-0.15, -0.1) is 0 Å². The van der Waals surface area contributed by atoms with Crippen LogP contribution in [0.15, 0.2) is 36.8 Å². The second-order valence-corrected chi connectivity index (χ2v) is 4.05. The van der Waals surface area contributed by atoms with Crippen LogP contribution in [-0.4, -0.2) is 22.8 Å². The molecule has 1 heterocycles. The lowest BCUT2D eigenvalue weighted by atomic mass is 10.2. The number of amides is 1. The molecule has 100 valence electrons. The van der Waals surface area contributed by atoms with Crippen molar-refractivity contribution in [2.75, 3.05) is 17.7 Å². The van der Waals surface area contributed by atoms with Crippen molar-refractivity contribution in [2.24, 2.45) is 7.05 Å². The lowest BCUT2D eigenvalue weighted by Crippen LogP contribution is -2.11. The van der Waals surface area contributed by atoms with Crippen LogP contribution >= 0.6 is 0 Å². The average Bonchev–Trinajstić information content (AvgIpc) is 2.82. The Kier molecular flexibility index (Phi) is 4.02. The average molecular weight is 260 g/mol. The first-order valence-electron chi connectivity index (χ1n) is 5.83. The summed E-state index contributed by atoms with van der Waals surface area (Å²) in [7, 11) is 3.28. The molecule has 0 bridgehead atoms. The van der Waals surface area contributed by atoms with Crippen LogP contribution in [0.25, 0.3) is 0 Å². The lowest BCUT2D eigenvalue weighted by molar-refractivity contribution is 0.187. The predicted octanol–water partition coefficient (Wildman–Crippen LogP) is 2.21. The van der Waals surface area contributed by atoms with Crippen molar-refractivity contribution in [3.05, 3.63) is 42.5 Å². The van der Waals surface area contributed by atoms with Crippen molar-refractivity contribution in [3.8, 4) is 0 Å². The van der Waals surface area contributed by atoms with E-state index in [4.69, 9.17) is 0 Å². The molecule has 0 unspecified atom stereocenters. The number of rotatable bonds is 4. The monoisotopic (exact) mass is 260 g/mol. The molecule has 19 heavy (non-hydrogen) atoms. The molecule has 6 nitrogen and oxygen atoms in total. The number of aromatic nitrogens is 2. The van der Waals surface area contributed by atoms with E-state index in [0.717, 1.165) is 11.4 Å². The lowest BCUT2D eigenvalue weighted by Gasteiger charge is -2.09. The Morgan fingerprint density at radius 1 is 1.42 bits per heavy atom. The zero-order chi connectivity index (χ0) is 13.7. The minimum atomic E-state index is -0.483. The summed E-state index contributed by atoms with van der Waals surface area (Å²) in [6.45, 7) is 0.665. The van der Waals surface area contributed by atoms with Gasteiger partial charge in [0, 0.05) is 24.6 Å². The highest BCUT2D eigenvalue weighted by Crippen LogP contribution is 2.16. The normalized spacial score (nSPS) is 10.0. The number of aryl methyl sites for hydroxylation is 1. The molecular formula is C13H16N4O2. The third-order valence-corrected chi connectivity index (χ3v) is 2.68. The molecule has 1 amide bonds. The van der Waals surface area contributed by atoms with Crippen LogP contribution in [0.1, 0.15) is 5.69 Å². The van der Waals surface area contributed by atoms with E-state index in [1.54, 1.807) is 12.4 Å². The Morgan fingerprint density at radius 2 is 2.21 bits per heavy atom. The minimum Gasteiger partial charge on any atom is -0.453 e. The fraction of sp³-hybridized carbons (Fsp3) is 0.231. The highest BCUT2D eigenvalue weighted by molar-refractivity contribution is 5.85.